The highest BCUT2D eigenvalue weighted by atomic mass is 16.5. The lowest BCUT2D eigenvalue weighted by atomic mass is 10.0. The first kappa shape index (κ1) is 19.7. The summed E-state index contributed by atoms with van der Waals surface area (Å²) in [5.41, 5.74) is 6.65. The lowest BCUT2D eigenvalue weighted by molar-refractivity contribution is 0.0471. The van der Waals surface area contributed by atoms with E-state index in [4.69, 9.17) is 4.74 Å². The zero-order valence-electron chi connectivity index (χ0n) is 16.6. The van der Waals surface area contributed by atoms with E-state index >= 15 is 0 Å². The number of hydrogen-bond acceptors (Lipinski definition) is 3. The van der Waals surface area contributed by atoms with Crippen molar-refractivity contribution < 1.29 is 9.53 Å². The van der Waals surface area contributed by atoms with E-state index in [0.717, 1.165) is 34.5 Å². The first-order valence-electron chi connectivity index (χ1n) is 8.90. The minimum absolute atomic E-state index is 0.282. The van der Waals surface area contributed by atoms with Crippen molar-refractivity contribution >= 4 is 18.0 Å². The van der Waals surface area contributed by atoms with E-state index in [0.29, 0.717) is 5.56 Å². The zero-order valence-corrected chi connectivity index (χ0v) is 16.6. The lowest BCUT2D eigenvalue weighted by Gasteiger charge is -2.12. The van der Waals surface area contributed by atoms with Crippen molar-refractivity contribution in [3.63, 3.8) is 0 Å². The number of hydrogen-bond donors (Lipinski definition) is 0. The van der Waals surface area contributed by atoms with Crippen LogP contribution in [-0.2, 0) is 11.3 Å². The summed E-state index contributed by atoms with van der Waals surface area (Å²) in [7, 11) is 1.98. The summed E-state index contributed by atoms with van der Waals surface area (Å²) in [5, 5.41) is 0. The Morgan fingerprint density at radius 2 is 1.81 bits per heavy atom. The highest BCUT2D eigenvalue weighted by Crippen LogP contribution is 2.24. The van der Waals surface area contributed by atoms with E-state index in [-0.39, 0.29) is 12.6 Å². The third-order valence-electron chi connectivity index (χ3n) is 4.51. The van der Waals surface area contributed by atoms with Crippen LogP contribution in [0.5, 0.6) is 0 Å². The quantitative estimate of drug-likeness (QED) is 0.422. The van der Waals surface area contributed by atoms with Gasteiger partial charge in [-0.25, -0.2) is 9.79 Å². The fraction of sp³-hybridized carbons (Fsp3) is 0.364. The Morgan fingerprint density at radius 1 is 1.08 bits per heavy atom. The summed E-state index contributed by atoms with van der Waals surface area (Å²) in [5.74, 6) is -0.299. The Hall–Kier alpha value is -2.62. The number of aliphatic imine (C=N–C) groups is 1. The van der Waals surface area contributed by atoms with Gasteiger partial charge in [-0.1, -0.05) is 23.8 Å². The third-order valence-corrected chi connectivity index (χ3v) is 4.51. The molecule has 0 fully saturated rings. The molecule has 2 aromatic rings. The number of carbonyl (C=O) groups is 1. The van der Waals surface area contributed by atoms with E-state index in [1.54, 1.807) is 6.34 Å². The molecule has 0 heterocycles. The summed E-state index contributed by atoms with van der Waals surface area (Å²) in [6.45, 7) is 11.2. The van der Waals surface area contributed by atoms with Crippen LogP contribution < -0.4 is 0 Å². The van der Waals surface area contributed by atoms with Gasteiger partial charge < -0.3 is 9.64 Å². The van der Waals surface area contributed by atoms with Crippen LogP contribution in [0.15, 0.2) is 35.3 Å². The molecular weight excluding hydrogens is 324 g/mol. The van der Waals surface area contributed by atoms with E-state index < -0.39 is 0 Å². The number of ether oxygens (including phenoxy) is 1. The summed E-state index contributed by atoms with van der Waals surface area (Å²) < 4.78 is 5.54. The van der Waals surface area contributed by atoms with Crippen LogP contribution in [0.4, 0.5) is 5.69 Å². The number of aryl methyl sites for hydroxylation is 4. The first-order chi connectivity index (χ1) is 12.3. The minimum atomic E-state index is -0.299. The Bertz CT molecular complexity index is 825. The van der Waals surface area contributed by atoms with Crippen LogP contribution in [0.25, 0.3) is 0 Å². The van der Waals surface area contributed by atoms with Crippen molar-refractivity contribution in [3.05, 3.63) is 63.7 Å². The average Bonchev–Trinajstić information content (AvgIpc) is 2.60. The van der Waals surface area contributed by atoms with Gasteiger partial charge in [-0.3, -0.25) is 0 Å². The molecule has 0 amide bonds. The molecule has 4 heteroatoms. The predicted octanol–water partition coefficient (Wildman–Crippen LogP) is 4.89. The molecule has 4 nitrogen and oxygen atoms in total. The van der Waals surface area contributed by atoms with Crippen LogP contribution in [0.2, 0.25) is 0 Å². The Morgan fingerprint density at radius 3 is 2.46 bits per heavy atom. The molecule has 0 bridgehead atoms. The molecule has 2 rings (SSSR count). The van der Waals surface area contributed by atoms with Gasteiger partial charge in [0, 0.05) is 13.6 Å². The molecule has 0 aromatic heterocycles. The predicted molar refractivity (Wildman–Crippen MR) is 107 cm³/mol. The van der Waals surface area contributed by atoms with E-state index in [1.165, 1.54) is 5.56 Å². The Kier molecular flexibility index (Phi) is 6.56. The smallest absolute Gasteiger partial charge is 0.338 e. The molecule has 0 saturated carbocycles. The second-order valence-electron chi connectivity index (χ2n) is 6.78. The molecule has 0 aliphatic rings. The standard InChI is InChI=1S/C22H28N2O2/c1-7-24(6)14-23-21-12-17(4)20(11-18(21)5)22(25)26-13-19-9-8-15(2)10-16(19)3/h8-12,14H,7,13H2,1-6H3/b23-14+. The minimum Gasteiger partial charge on any atom is -0.457 e. The van der Waals surface area contributed by atoms with Gasteiger partial charge >= 0.3 is 5.97 Å². The van der Waals surface area contributed by atoms with Gasteiger partial charge in [-0.15, -0.1) is 0 Å². The van der Waals surface area contributed by atoms with E-state index in [2.05, 4.69) is 24.9 Å². The first-order valence-corrected chi connectivity index (χ1v) is 8.90. The maximum atomic E-state index is 12.5. The topological polar surface area (TPSA) is 41.9 Å². The second-order valence-corrected chi connectivity index (χ2v) is 6.78. The lowest BCUT2D eigenvalue weighted by Crippen LogP contribution is -2.14. The molecule has 0 atom stereocenters. The molecule has 0 saturated heterocycles. The number of esters is 1. The number of benzene rings is 2. The molecule has 138 valence electrons. The monoisotopic (exact) mass is 352 g/mol. The molecule has 26 heavy (non-hydrogen) atoms. The van der Waals surface area contributed by atoms with Crippen molar-refractivity contribution in [3.8, 4) is 0 Å². The molecule has 0 unspecified atom stereocenters. The molecule has 0 N–H and O–H groups in total. The largest absolute Gasteiger partial charge is 0.457 e. The summed E-state index contributed by atoms with van der Waals surface area (Å²) in [6, 6.07) is 9.93. The third kappa shape index (κ3) is 4.94. The van der Waals surface area contributed by atoms with Crippen LogP contribution in [0, 0.1) is 27.7 Å². The van der Waals surface area contributed by atoms with Crippen molar-refractivity contribution in [2.75, 3.05) is 13.6 Å². The number of carbonyl (C=O) groups excluding carboxylic acids is 1. The normalized spacial score (nSPS) is 11.0. The summed E-state index contributed by atoms with van der Waals surface area (Å²) >= 11 is 0. The van der Waals surface area contributed by atoms with Crippen LogP contribution in [0.3, 0.4) is 0 Å². The van der Waals surface area contributed by atoms with Gasteiger partial charge in [0.15, 0.2) is 0 Å². The number of rotatable bonds is 6. The fourth-order valence-corrected chi connectivity index (χ4v) is 2.63. The molecular formula is C22H28N2O2. The maximum Gasteiger partial charge on any atom is 0.338 e. The van der Waals surface area contributed by atoms with Gasteiger partial charge in [0.1, 0.15) is 6.61 Å². The van der Waals surface area contributed by atoms with Crippen molar-refractivity contribution in [2.24, 2.45) is 4.99 Å². The van der Waals surface area contributed by atoms with E-state index in [9.17, 15) is 4.79 Å². The van der Waals surface area contributed by atoms with Gasteiger partial charge in [-0.05, 0) is 69.0 Å². The molecule has 0 aliphatic heterocycles. The van der Waals surface area contributed by atoms with Gasteiger partial charge in [0.05, 0.1) is 17.6 Å². The number of nitrogens with zero attached hydrogens (tertiary/aromatic N) is 2. The fourth-order valence-electron chi connectivity index (χ4n) is 2.63. The molecule has 2 aromatic carbocycles. The SMILES string of the molecule is CCN(C)/C=N/c1cc(C)c(C(=O)OCc2ccc(C)cc2C)cc1C. The Balaban J connectivity index is 2.13. The average molecular weight is 352 g/mol. The molecule has 0 spiro atoms. The summed E-state index contributed by atoms with van der Waals surface area (Å²) in [4.78, 5) is 19.0. The van der Waals surface area contributed by atoms with Crippen molar-refractivity contribution in [1.29, 1.82) is 0 Å². The van der Waals surface area contributed by atoms with Crippen molar-refractivity contribution in [2.45, 2.75) is 41.2 Å². The molecule has 0 radical (unpaired) electrons. The van der Waals surface area contributed by atoms with Gasteiger partial charge in [-0.2, -0.15) is 0 Å². The van der Waals surface area contributed by atoms with Crippen LogP contribution in [-0.4, -0.2) is 30.8 Å². The van der Waals surface area contributed by atoms with Crippen LogP contribution in [0.1, 0.15) is 45.1 Å². The van der Waals surface area contributed by atoms with Crippen LogP contribution >= 0.6 is 0 Å². The second kappa shape index (κ2) is 8.65. The van der Waals surface area contributed by atoms with Gasteiger partial charge in [0.25, 0.3) is 0 Å². The highest BCUT2D eigenvalue weighted by molar-refractivity contribution is 5.92. The summed E-state index contributed by atoms with van der Waals surface area (Å²) in [6.07, 6.45) is 1.81. The highest BCUT2D eigenvalue weighted by Gasteiger charge is 2.14. The maximum absolute atomic E-state index is 12.5. The Labute approximate surface area is 156 Å². The van der Waals surface area contributed by atoms with Crippen molar-refractivity contribution in [1.82, 2.24) is 4.90 Å². The zero-order chi connectivity index (χ0) is 19.3. The van der Waals surface area contributed by atoms with Gasteiger partial charge in [0.2, 0.25) is 0 Å². The van der Waals surface area contributed by atoms with E-state index in [1.807, 2.05) is 57.0 Å². The molecule has 0 aliphatic carbocycles.